The molecule has 3 heterocycles. The topological polar surface area (TPSA) is 94.2 Å². The molecule has 1 saturated heterocycles. The molecule has 0 amide bonds. The van der Waals surface area contributed by atoms with Crippen molar-refractivity contribution in [3.8, 4) is 0 Å². The highest BCUT2D eigenvalue weighted by atomic mass is 19.3. The minimum Gasteiger partial charge on any atom is -0.455 e. The monoisotopic (exact) mass is 309 g/mol. The van der Waals surface area contributed by atoms with Crippen LogP contribution in [0.1, 0.15) is 24.2 Å². The van der Waals surface area contributed by atoms with E-state index in [1.165, 1.54) is 0 Å². The molecular formula is C14H17F2N5O. The lowest BCUT2D eigenvalue weighted by Gasteiger charge is -2.20. The molecule has 6 nitrogen and oxygen atoms in total. The first-order chi connectivity index (χ1) is 10.4. The van der Waals surface area contributed by atoms with Crippen molar-refractivity contribution in [1.29, 1.82) is 0 Å². The number of fused-ring (bicyclic) bond motifs is 3. The van der Waals surface area contributed by atoms with E-state index in [-0.39, 0.29) is 31.3 Å². The molecule has 2 aromatic rings. The molecular weight excluding hydrogens is 292 g/mol. The fourth-order valence-corrected chi connectivity index (χ4v) is 3.29. The predicted molar refractivity (Wildman–Crippen MR) is 78.0 cm³/mol. The molecule has 22 heavy (non-hydrogen) atoms. The first kappa shape index (κ1) is 13.7. The van der Waals surface area contributed by atoms with E-state index in [0.717, 1.165) is 13.0 Å². The van der Waals surface area contributed by atoms with Gasteiger partial charge in [-0.15, -0.1) is 0 Å². The third-order valence-electron chi connectivity index (χ3n) is 4.39. The van der Waals surface area contributed by atoms with E-state index in [9.17, 15) is 8.78 Å². The Bertz CT molecular complexity index is 744. The number of anilines is 2. The Morgan fingerprint density at radius 2 is 2.14 bits per heavy atom. The van der Waals surface area contributed by atoms with Gasteiger partial charge in [-0.05, 0) is 6.42 Å². The normalized spacial score (nSPS) is 24.0. The van der Waals surface area contributed by atoms with Gasteiger partial charge in [-0.25, -0.2) is 13.8 Å². The number of nitrogen functional groups attached to an aromatic ring is 1. The molecule has 2 aromatic heterocycles. The summed E-state index contributed by atoms with van der Waals surface area (Å²) in [6.45, 7) is 1.39. The van der Waals surface area contributed by atoms with Crippen LogP contribution in [0.15, 0.2) is 4.42 Å². The summed E-state index contributed by atoms with van der Waals surface area (Å²) >= 11 is 0. The van der Waals surface area contributed by atoms with Gasteiger partial charge in [0, 0.05) is 44.0 Å². The van der Waals surface area contributed by atoms with E-state index in [1.54, 1.807) is 0 Å². The van der Waals surface area contributed by atoms with Gasteiger partial charge >= 0.3 is 0 Å². The van der Waals surface area contributed by atoms with Crippen molar-refractivity contribution in [2.45, 2.75) is 37.6 Å². The zero-order valence-corrected chi connectivity index (χ0v) is 12.0. The zero-order chi connectivity index (χ0) is 15.5. The Morgan fingerprint density at radius 1 is 1.32 bits per heavy atom. The van der Waals surface area contributed by atoms with Gasteiger partial charge in [-0.3, -0.25) is 0 Å². The summed E-state index contributed by atoms with van der Waals surface area (Å²) in [5.41, 5.74) is 13.0. The van der Waals surface area contributed by atoms with Crippen LogP contribution in [0.25, 0.3) is 11.1 Å². The summed E-state index contributed by atoms with van der Waals surface area (Å²) in [5.74, 6) is -1.51. The Kier molecular flexibility index (Phi) is 2.81. The van der Waals surface area contributed by atoms with Crippen molar-refractivity contribution in [2.24, 2.45) is 5.73 Å². The van der Waals surface area contributed by atoms with E-state index in [1.807, 2.05) is 4.90 Å². The summed E-state index contributed by atoms with van der Waals surface area (Å²) in [6, 6.07) is 0.0696. The molecule has 1 fully saturated rings. The first-order valence-corrected chi connectivity index (χ1v) is 7.39. The standard InChI is InChI=1S/C14H17F2N5O/c15-14(16)3-1-9-8(5-14)10-11(22-9)12(20-13(18)19-10)21-4-2-7(17)6-21/h7H,1-6,17H2,(H2,18,19,20)/t7-/m0/s1. The van der Waals surface area contributed by atoms with Crippen LogP contribution < -0.4 is 16.4 Å². The van der Waals surface area contributed by atoms with E-state index in [0.29, 0.717) is 34.8 Å². The van der Waals surface area contributed by atoms with E-state index in [4.69, 9.17) is 15.9 Å². The number of nitrogens with zero attached hydrogens (tertiary/aromatic N) is 3. The molecule has 0 saturated carbocycles. The number of aryl methyl sites for hydroxylation is 1. The van der Waals surface area contributed by atoms with Crippen LogP contribution >= 0.6 is 0 Å². The van der Waals surface area contributed by atoms with Crippen LogP contribution in [0.5, 0.6) is 0 Å². The van der Waals surface area contributed by atoms with E-state index >= 15 is 0 Å². The highest BCUT2D eigenvalue weighted by molar-refractivity contribution is 5.89. The molecule has 4 rings (SSSR count). The van der Waals surface area contributed by atoms with Crippen molar-refractivity contribution in [1.82, 2.24) is 9.97 Å². The first-order valence-electron chi connectivity index (χ1n) is 7.39. The van der Waals surface area contributed by atoms with Crippen LogP contribution in [0.3, 0.4) is 0 Å². The molecule has 1 atom stereocenters. The number of nitrogens with two attached hydrogens (primary N) is 2. The van der Waals surface area contributed by atoms with Gasteiger partial charge in [-0.1, -0.05) is 0 Å². The van der Waals surface area contributed by atoms with Crippen molar-refractivity contribution in [2.75, 3.05) is 23.7 Å². The van der Waals surface area contributed by atoms with Gasteiger partial charge in [0.15, 0.2) is 11.4 Å². The summed E-state index contributed by atoms with van der Waals surface area (Å²) in [7, 11) is 0. The maximum Gasteiger partial charge on any atom is 0.252 e. The molecule has 1 aliphatic heterocycles. The highest BCUT2D eigenvalue weighted by Gasteiger charge is 2.38. The van der Waals surface area contributed by atoms with Gasteiger partial charge < -0.3 is 20.8 Å². The molecule has 8 heteroatoms. The average Bonchev–Trinajstić information content (AvgIpc) is 3.01. The number of hydrogen-bond donors (Lipinski definition) is 2. The van der Waals surface area contributed by atoms with Gasteiger partial charge in [0.25, 0.3) is 5.92 Å². The maximum atomic E-state index is 13.7. The van der Waals surface area contributed by atoms with Crippen molar-refractivity contribution in [3.05, 3.63) is 11.3 Å². The van der Waals surface area contributed by atoms with Crippen LogP contribution in [0.2, 0.25) is 0 Å². The molecule has 0 bridgehead atoms. The summed E-state index contributed by atoms with van der Waals surface area (Å²) in [5, 5.41) is 0. The van der Waals surface area contributed by atoms with E-state index in [2.05, 4.69) is 9.97 Å². The van der Waals surface area contributed by atoms with Gasteiger partial charge in [0.1, 0.15) is 11.3 Å². The molecule has 0 spiro atoms. The van der Waals surface area contributed by atoms with Gasteiger partial charge in [0.05, 0.1) is 0 Å². The lowest BCUT2D eigenvalue weighted by atomic mass is 9.94. The second-order valence-corrected chi connectivity index (χ2v) is 6.11. The van der Waals surface area contributed by atoms with Crippen LogP contribution in [0.4, 0.5) is 20.5 Å². The second-order valence-electron chi connectivity index (χ2n) is 6.11. The third-order valence-corrected chi connectivity index (χ3v) is 4.39. The van der Waals surface area contributed by atoms with Gasteiger partial charge in [0.2, 0.25) is 5.95 Å². The second kappa shape index (κ2) is 4.52. The SMILES string of the molecule is Nc1nc(N2CC[C@H](N)C2)c2oc3c(c2n1)CC(F)(F)CC3. The number of rotatable bonds is 1. The lowest BCUT2D eigenvalue weighted by Crippen LogP contribution is -2.27. The predicted octanol–water partition coefficient (Wildman–Crippen LogP) is 1.47. The molecule has 1 aliphatic carbocycles. The largest absolute Gasteiger partial charge is 0.455 e. The quantitative estimate of drug-likeness (QED) is 0.828. The highest BCUT2D eigenvalue weighted by Crippen LogP contribution is 2.40. The molecule has 4 N–H and O–H groups in total. The Morgan fingerprint density at radius 3 is 2.86 bits per heavy atom. The van der Waals surface area contributed by atoms with E-state index < -0.39 is 5.92 Å². The average molecular weight is 309 g/mol. The van der Waals surface area contributed by atoms with Crippen LogP contribution in [-0.4, -0.2) is 35.0 Å². The molecule has 0 unspecified atom stereocenters. The Hall–Kier alpha value is -1.96. The molecule has 0 aromatic carbocycles. The Balaban J connectivity index is 1.87. The van der Waals surface area contributed by atoms with Crippen molar-refractivity contribution >= 4 is 22.9 Å². The number of hydrogen-bond acceptors (Lipinski definition) is 6. The zero-order valence-electron chi connectivity index (χ0n) is 12.0. The Labute approximate surface area is 125 Å². The fourth-order valence-electron chi connectivity index (χ4n) is 3.29. The van der Waals surface area contributed by atoms with Gasteiger partial charge in [-0.2, -0.15) is 4.98 Å². The maximum absolute atomic E-state index is 13.7. The van der Waals surface area contributed by atoms with Crippen molar-refractivity contribution in [3.63, 3.8) is 0 Å². The lowest BCUT2D eigenvalue weighted by molar-refractivity contribution is -0.0140. The number of aromatic nitrogens is 2. The minimum atomic E-state index is -2.72. The minimum absolute atomic E-state index is 0.0696. The smallest absolute Gasteiger partial charge is 0.252 e. The van der Waals surface area contributed by atoms with Crippen LogP contribution in [-0.2, 0) is 12.8 Å². The molecule has 0 radical (unpaired) electrons. The fraction of sp³-hybridized carbons (Fsp3) is 0.571. The summed E-state index contributed by atoms with van der Waals surface area (Å²) in [4.78, 5) is 10.4. The number of halogens is 2. The van der Waals surface area contributed by atoms with Crippen LogP contribution in [0, 0.1) is 0 Å². The summed E-state index contributed by atoms with van der Waals surface area (Å²) < 4.78 is 33.2. The van der Waals surface area contributed by atoms with Crippen molar-refractivity contribution < 1.29 is 13.2 Å². The number of furan rings is 1. The number of alkyl halides is 2. The third kappa shape index (κ3) is 2.09. The summed E-state index contributed by atoms with van der Waals surface area (Å²) in [6.07, 6.45) is 0.499. The molecule has 118 valence electrons. The molecule has 2 aliphatic rings.